The average molecular weight is 498 g/mol. The first-order chi connectivity index (χ1) is 15.5. The summed E-state index contributed by atoms with van der Waals surface area (Å²) in [6, 6.07) is 13.5. The monoisotopic (exact) mass is 497 g/mol. The van der Waals surface area contributed by atoms with E-state index in [1.54, 1.807) is 18.2 Å². The highest BCUT2D eigenvalue weighted by Crippen LogP contribution is 2.26. The quantitative estimate of drug-likeness (QED) is 0.556. The summed E-state index contributed by atoms with van der Waals surface area (Å²) < 4.78 is 0.762. The molecule has 3 amide bonds. The maximum absolute atomic E-state index is 12.5. The van der Waals surface area contributed by atoms with Crippen LogP contribution in [-0.4, -0.2) is 47.2 Å². The zero-order valence-corrected chi connectivity index (χ0v) is 19.7. The summed E-state index contributed by atoms with van der Waals surface area (Å²) in [5, 5.41) is 2.93. The summed E-state index contributed by atoms with van der Waals surface area (Å²) in [5.74, 6) is -0.666. The molecule has 1 fully saturated rings. The lowest BCUT2D eigenvalue weighted by atomic mass is 10.1. The molecule has 2 heterocycles. The fourth-order valence-corrected chi connectivity index (χ4v) is 4.65. The number of nitrogens with zero attached hydrogens (tertiary/aromatic N) is 2. The van der Waals surface area contributed by atoms with Crippen LogP contribution in [0.3, 0.4) is 0 Å². The van der Waals surface area contributed by atoms with Crippen LogP contribution in [0.4, 0.5) is 0 Å². The standard InChI is InChI=1S/C25H28BrN3O3/c26-20-10-11-21-22(15-20)25(32)29(24(21)31)14-4-5-23(30)27-16-18-6-8-19(9-7-18)17-28-12-2-1-3-13-28/h6-11,15H,1-5,12-14,16-17H2,(H,27,30). The zero-order valence-electron chi connectivity index (χ0n) is 18.1. The van der Waals surface area contributed by atoms with Crippen LogP contribution in [0.5, 0.6) is 0 Å². The van der Waals surface area contributed by atoms with Crippen molar-refractivity contribution in [3.8, 4) is 0 Å². The smallest absolute Gasteiger partial charge is 0.261 e. The number of amides is 3. The lowest BCUT2D eigenvalue weighted by Gasteiger charge is -2.26. The third kappa shape index (κ3) is 5.45. The van der Waals surface area contributed by atoms with E-state index in [0.29, 0.717) is 24.1 Å². The van der Waals surface area contributed by atoms with Crippen molar-refractivity contribution in [1.29, 1.82) is 0 Å². The van der Waals surface area contributed by atoms with Gasteiger partial charge in [0.1, 0.15) is 0 Å². The van der Waals surface area contributed by atoms with Gasteiger partial charge in [0.15, 0.2) is 0 Å². The lowest BCUT2D eigenvalue weighted by molar-refractivity contribution is -0.121. The molecule has 0 atom stereocenters. The largest absolute Gasteiger partial charge is 0.352 e. The lowest BCUT2D eigenvalue weighted by Crippen LogP contribution is -2.32. The second kappa shape index (κ2) is 10.4. The maximum Gasteiger partial charge on any atom is 0.261 e. The van der Waals surface area contributed by atoms with Crippen molar-refractivity contribution < 1.29 is 14.4 Å². The third-order valence-electron chi connectivity index (χ3n) is 6.09. The molecule has 168 valence electrons. The Morgan fingerprint density at radius 1 is 0.906 bits per heavy atom. The molecule has 2 aliphatic rings. The minimum atomic E-state index is -0.295. The second-order valence-electron chi connectivity index (χ2n) is 8.49. The number of likely N-dealkylation sites (tertiary alicyclic amines) is 1. The van der Waals surface area contributed by atoms with Gasteiger partial charge in [-0.1, -0.05) is 46.6 Å². The number of nitrogens with one attached hydrogen (secondary N) is 1. The summed E-state index contributed by atoms with van der Waals surface area (Å²) in [5.41, 5.74) is 3.20. The van der Waals surface area contributed by atoms with Crippen molar-refractivity contribution in [2.45, 2.75) is 45.2 Å². The van der Waals surface area contributed by atoms with E-state index in [4.69, 9.17) is 0 Å². The van der Waals surface area contributed by atoms with Gasteiger partial charge in [-0.25, -0.2) is 0 Å². The Bertz CT molecular complexity index is 1000. The SMILES string of the molecule is O=C(CCCN1C(=O)c2ccc(Br)cc2C1=O)NCc1ccc(CN2CCCCC2)cc1. The van der Waals surface area contributed by atoms with Crippen molar-refractivity contribution in [3.05, 3.63) is 69.2 Å². The highest BCUT2D eigenvalue weighted by molar-refractivity contribution is 9.10. The first-order valence-electron chi connectivity index (χ1n) is 11.2. The minimum absolute atomic E-state index is 0.0817. The summed E-state index contributed by atoms with van der Waals surface area (Å²) in [6.45, 7) is 4.06. The second-order valence-corrected chi connectivity index (χ2v) is 9.40. The Balaban J connectivity index is 1.19. The van der Waals surface area contributed by atoms with Gasteiger partial charge < -0.3 is 5.32 Å². The Morgan fingerprint density at radius 2 is 1.59 bits per heavy atom. The molecule has 0 saturated carbocycles. The van der Waals surface area contributed by atoms with Crippen LogP contribution < -0.4 is 5.32 Å². The van der Waals surface area contributed by atoms with Crippen LogP contribution in [0, 0.1) is 0 Å². The number of carbonyl (C=O) groups is 3. The average Bonchev–Trinajstić information content (AvgIpc) is 3.03. The molecule has 2 aliphatic heterocycles. The molecule has 0 aliphatic carbocycles. The number of carbonyl (C=O) groups excluding carboxylic acids is 3. The molecule has 1 saturated heterocycles. The molecular weight excluding hydrogens is 470 g/mol. The normalized spacial score (nSPS) is 16.3. The third-order valence-corrected chi connectivity index (χ3v) is 6.58. The number of imide groups is 1. The topological polar surface area (TPSA) is 69.7 Å². The van der Waals surface area contributed by atoms with Gasteiger partial charge in [0.2, 0.25) is 5.91 Å². The van der Waals surface area contributed by atoms with Gasteiger partial charge in [-0.05, 0) is 61.7 Å². The van der Waals surface area contributed by atoms with Gasteiger partial charge in [0.05, 0.1) is 11.1 Å². The number of piperidine rings is 1. The van der Waals surface area contributed by atoms with Crippen molar-refractivity contribution >= 4 is 33.7 Å². The molecule has 0 radical (unpaired) electrons. The molecular formula is C25H28BrN3O3. The highest BCUT2D eigenvalue weighted by atomic mass is 79.9. The first-order valence-corrected chi connectivity index (χ1v) is 12.0. The van der Waals surface area contributed by atoms with Crippen LogP contribution in [0.15, 0.2) is 46.9 Å². The van der Waals surface area contributed by atoms with Crippen LogP contribution in [0.1, 0.15) is 63.9 Å². The molecule has 1 N–H and O–H groups in total. The van der Waals surface area contributed by atoms with Gasteiger partial charge in [-0.2, -0.15) is 0 Å². The number of hydrogen-bond acceptors (Lipinski definition) is 4. The van der Waals surface area contributed by atoms with Crippen molar-refractivity contribution in [1.82, 2.24) is 15.1 Å². The van der Waals surface area contributed by atoms with E-state index in [1.807, 2.05) is 0 Å². The molecule has 4 rings (SSSR count). The van der Waals surface area contributed by atoms with E-state index in [9.17, 15) is 14.4 Å². The Hall–Kier alpha value is -2.51. The van der Waals surface area contributed by atoms with Gasteiger partial charge in [0.25, 0.3) is 11.8 Å². The van der Waals surface area contributed by atoms with Crippen LogP contribution in [0.25, 0.3) is 0 Å². The molecule has 6 nitrogen and oxygen atoms in total. The summed E-state index contributed by atoms with van der Waals surface area (Å²) in [4.78, 5) is 40.9. The first kappa shape index (κ1) is 22.7. The van der Waals surface area contributed by atoms with E-state index in [-0.39, 0.29) is 30.7 Å². The zero-order chi connectivity index (χ0) is 22.5. The molecule has 32 heavy (non-hydrogen) atoms. The molecule has 0 unspecified atom stereocenters. The van der Waals surface area contributed by atoms with Gasteiger partial charge in [-0.15, -0.1) is 0 Å². The number of hydrogen-bond donors (Lipinski definition) is 1. The van der Waals surface area contributed by atoms with Gasteiger partial charge in [0, 0.05) is 30.5 Å². The van der Waals surface area contributed by atoms with E-state index in [2.05, 4.69) is 50.4 Å². The van der Waals surface area contributed by atoms with Crippen LogP contribution in [0.2, 0.25) is 0 Å². The number of halogens is 1. The Morgan fingerprint density at radius 3 is 2.34 bits per heavy atom. The fraction of sp³-hybridized carbons (Fsp3) is 0.400. The Labute approximate surface area is 197 Å². The fourth-order valence-electron chi connectivity index (χ4n) is 4.29. The van der Waals surface area contributed by atoms with Crippen LogP contribution in [-0.2, 0) is 17.9 Å². The molecule has 7 heteroatoms. The number of rotatable bonds is 8. The van der Waals surface area contributed by atoms with E-state index in [1.165, 1.54) is 42.8 Å². The van der Waals surface area contributed by atoms with E-state index < -0.39 is 0 Å². The van der Waals surface area contributed by atoms with Crippen molar-refractivity contribution in [2.75, 3.05) is 19.6 Å². The van der Waals surface area contributed by atoms with Gasteiger partial charge >= 0.3 is 0 Å². The summed E-state index contributed by atoms with van der Waals surface area (Å²) >= 11 is 3.33. The van der Waals surface area contributed by atoms with Crippen LogP contribution >= 0.6 is 15.9 Å². The molecule has 0 aromatic heterocycles. The summed E-state index contributed by atoms with van der Waals surface area (Å²) in [7, 11) is 0. The highest BCUT2D eigenvalue weighted by Gasteiger charge is 2.35. The Kier molecular flexibility index (Phi) is 7.37. The molecule has 0 bridgehead atoms. The van der Waals surface area contributed by atoms with Crippen molar-refractivity contribution in [3.63, 3.8) is 0 Å². The molecule has 2 aromatic carbocycles. The predicted molar refractivity (Wildman–Crippen MR) is 126 cm³/mol. The number of benzene rings is 2. The molecule has 2 aromatic rings. The van der Waals surface area contributed by atoms with E-state index >= 15 is 0 Å². The minimum Gasteiger partial charge on any atom is -0.352 e. The van der Waals surface area contributed by atoms with Crippen molar-refractivity contribution in [2.24, 2.45) is 0 Å². The predicted octanol–water partition coefficient (Wildman–Crippen LogP) is 4.13. The maximum atomic E-state index is 12.5. The molecule has 0 spiro atoms. The van der Waals surface area contributed by atoms with E-state index in [0.717, 1.165) is 16.6 Å². The number of fused-ring (bicyclic) bond motifs is 1. The summed E-state index contributed by atoms with van der Waals surface area (Å²) in [6.07, 6.45) is 4.62. The van der Waals surface area contributed by atoms with Gasteiger partial charge in [-0.3, -0.25) is 24.2 Å².